The van der Waals surface area contributed by atoms with Crippen LogP contribution in [-0.4, -0.2) is 23.7 Å². The van der Waals surface area contributed by atoms with Gasteiger partial charge in [-0.2, -0.15) is 8.78 Å². The fourth-order valence-corrected chi connectivity index (χ4v) is 3.36. The highest BCUT2D eigenvalue weighted by Crippen LogP contribution is 2.37. The molecule has 1 aromatic carbocycles. The van der Waals surface area contributed by atoms with Crippen molar-refractivity contribution < 1.29 is 27.8 Å². The average Bonchev–Trinajstić information content (AvgIpc) is 3.03. The van der Waals surface area contributed by atoms with Gasteiger partial charge in [-0.25, -0.2) is 4.98 Å². The largest absolute Gasteiger partial charge is 0.486 e. The van der Waals surface area contributed by atoms with Gasteiger partial charge in [-0.1, -0.05) is 12.1 Å². The van der Waals surface area contributed by atoms with E-state index in [2.05, 4.69) is 16.3 Å². The number of nitrogens with zero attached hydrogens (tertiary/aromatic N) is 1. The van der Waals surface area contributed by atoms with Gasteiger partial charge in [-0.3, -0.25) is 4.79 Å². The summed E-state index contributed by atoms with van der Waals surface area (Å²) in [5, 5.41) is 2.15. The molecule has 1 saturated carbocycles. The van der Waals surface area contributed by atoms with Crippen molar-refractivity contribution in [2.45, 2.75) is 38.6 Å². The summed E-state index contributed by atoms with van der Waals surface area (Å²) in [6.45, 7) is 0.787. The number of alkyl halides is 2. The van der Waals surface area contributed by atoms with E-state index in [1.807, 2.05) is 0 Å². The van der Waals surface area contributed by atoms with E-state index in [0.29, 0.717) is 30.1 Å². The number of aromatic nitrogens is 1. The summed E-state index contributed by atoms with van der Waals surface area (Å²) in [4.78, 5) is 16.1. The van der Waals surface area contributed by atoms with Gasteiger partial charge < -0.3 is 19.9 Å². The minimum absolute atomic E-state index is 0.0324. The van der Waals surface area contributed by atoms with Crippen LogP contribution in [0.1, 0.15) is 24.1 Å². The third-order valence-corrected chi connectivity index (χ3v) is 4.98. The summed E-state index contributed by atoms with van der Waals surface area (Å²) in [7, 11) is 0. The number of benzene rings is 1. The van der Waals surface area contributed by atoms with Gasteiger partial charge >= 0.3 is 12.6 Å². The molecule has 2 aromatic rings. The van der Waals surface area contributed by atoms with E-state index in [1.165, 1.54) is 17.4 Å². The molecule has 0 radical (unpaired) electrons. The number of hydrogen-bond donors (Lipinski definition) is 1. The number of anilines is 1. The lowest BCUT2D eigenvalue weighted by atomic mass is 9.82. The third-order valence-electron chi connectivity index (χ3n) is 4.26. The topological polar surface area (TPSA) is 83.7 Å². The third kappa shape index (κ3) is 5.19. The van der Waals surface area contributed by atoms with Gasteiger partial charge in [0.15, 0.2) is 16.6 Å². The van der Waals surface area contributed by atoms with Crippen LogP contribution in [0.4, 0.5) is 13.9 Å². The van der Waals surface area contributed by atoms with Crippen molar-refractivity contribution >= 4 is 22.4 Å². The average molecular weight is 410 g/mol. The second kappa shape index (κ2) is 9.01. The molecule has 150 valence electrons. The zero-order valence-corrected chi connectivity index (χ0v) is 15.8. The summed E-state index contributed by atoms with van der Waals surface area (Å²) in [5.74, 6) is -0.433. The lowest BCUT2D eigenvalue weighted by Crippen LogP contribution is -2.39. The zero-order valence-electron chi connectivity index (χ0n) is 15.0. The van der Waals surface area contributed by atoms with Gasteiger partial charge in [0.05, 0.1) is 11.6 Å². The van der Waals surface area contributed by atoms with Crippen LogP contribution in [0.2, 0.25) is 0 Å². The summed E-state index contributed by atoms with van der Waals surface area (Å²) >= 11 is 1.28. The Kier molecular flexibility index (Phi) is 6.45. The van der Waals surface area contributed by atoms with Gasteiger partial charge in [0, 0.05) is 5.38 Å². The zero-order chi connectivity index (χ0) is 20.1. The maximum atomic E-state index is 12.6. The first kappa shape index (κ1) is 20.1. The normalized spacial score (nSPS) is 18.4. The highest BCUT2D eigenvalue weighted by molar-refractivity contribution is 7.13. The summed E-state index contributed by atoms with van der Waals surface area (Å²) < 4.78 is 40.8. The quantitative estimate of drug-likeness (QED) is 0.498. The van der Waals surface area contributed by atoms with Crippen LogP contribution in [0.25, 0.3) is 0 Å². The van der Waals surface area contributed by atoms with Crippen LogP contribution in [0, 0.1) is 5.92 Å². The molecule has 1 heterocycles. The molecule has 0 unspecified atom stereocenters. The number of halogens is 2. The highest BCUT2D eigenvalue weighted by Gasteiger charge is 2.38. The monoisotopic (exact) mass is 410 g/mol. The minimum atomic E-state index is -2.95. The Labute approximate surface area is 164 Å². The molecule has 0 aliphatic heterocycles. The number of carbonyl (C=O) groups is 1. The molecule has 0 atom stereocenters. The fourth-order valence-electron chi connectivity index (χ4n) is 2.82. The van der Waals surface area contributed by atoms with Gasteiger partial charge in [-0.15, -0.1) is 17.9 Å². The Morgan fingerprint density at radius 3 is 2.82 bits per heavy atom. The maximum absolute atomic E-state index is 12.6. The van der Waals surface area contributed by atoms with Crippen molar-refractivity contribution in [2.24, 2.45) is 5.92 Å². The molecule has 0 amide bonds. The van der Waals surface area contributed by atoms with Crippen molar-refractivity contribution in [3.63, 3.8) is 0 Å². The second-order valence-corrected chi connectivity index (χ2v) is 7.24. The Morgan fingerprint density at radius 1 is 1.39 bits per heavy atom. The summed E-state index contributed by atoms with van der Waals surface area (Å²) in [6.07, 6.45) is 2.89. The molecular weight excluding hydrogens is 390 g/mol. The SMILES string of the molecule is C=CCc1ccc(OC(F)F)c(O[C@H]2C[C@H](C(=O)OCc3csc(N)n3)C2)c1. The number of esters is 1. The molecule has 6 nitrogen and oxygen atoms in total. The molecule has 1 aromatic heterocycles. The molecule has 0 saturated heterocycles. The van der Waals surface area contributed by atoms with E-state index in [9.17, 15) is 13.6 Å². The predicted octanol–water partition coefficient (Wildman–Crippen LogP) is 3.96. The van der Waals surface area contributed by atoms with Crippen LogP contribution < -0.4 is 15.2 Å². The van der Waals surface area contributed by atoms with E-state index in [1.54, 1.807) is 23.6 Å². The van der Waals surface area contributed by atoms with E-state index >= 15 is 0 Å². The molecule has 1 aliphatic rings. The number of nitrogens with two attached hydrogens (primary N) is 1. The lowest BCUT2D eigenvalue weighted by Gasteiger charge is -2.34. The second-order valence-electron chi connectivity index (χ2n) is 6.35. The number of ether oxygens (including phenoxy) is 3. The minimum Gasteiger partial charge on any atom is -0.486 e. The van der Waals surface area contributed by atoms with Gasteiger partial charge in [-0.05, 0) is 37.0 Å². The molecule has 9 heteroatoms. The van der Waals surface area contributed by atoms with E-state index in [0.717, 1.165) is 5.56 Å². The van der Waals surface area contributed by atoms with Crippen LogP contribution in [0.15, 0.2) is 36.2 Å². The lowest BCUT2D eigenvalue weighted by molar-refractivity contribution is -0.156. The first-order valence-electron chi connectivity index (χ1n) is 8.66. The van der Waals surface area contributed by atoms with Crippen molar-refractivity contribution in [1.29, 1.82) is 0 Å². The van der Waals surface area contributed by atoms with Crippen LogP contribution in [-0.2, 0) is 22.6 Å². The van der Waals surface area contributed by atoms with Crippen molar-refractivity contribution in [1.82, 2.24) is 4.98 Å². The molecule has 3 rings (SSSR count). The first-order chi connectivity index (χ1) is 13.4. The Bertz CT molecular complexity index is 837. The number of nitrogen functional groups attached to an aromatic ring is 1. The van der Waals surface area contributed by atoms with E-state index < -0.39 is 6.61 Å². The van der Waals surface area contributed by atoms with Crippen molar-refractivity contribution in [3.8, 4) is 11.5 Å². The van der Waals surface area contributed by atoms with E-state index in [-0.39, 0.29) is 36.1 Å². The molecule has 1 aliphatic carbocycles. The molecule has 28 heavy (non-hydrogen) atoms. The number of allylic oxidation sites excluding steroid dienone is 1. The summed E-state index contributed by atoms with van der Waals surface area (Å²) in [6, 6.07) is 4.78. The van der Waals surface area contributed by atoms with Crippen LogP contribution >= 0.6 is 11.3 Å². The number of carbonyl (C=O) groups excluding carboxylic acids is 1. The molecule has 1 fully saturated rings. The summed E-state index contributed by atoms with van der Waals surface area (Å²) in [5.41, 5.74) is 7.01. The van der Waals surface area contributed by atoms with Gasteiger partial charge in [0.25, 0.3) is 0 Å². The molecular formula is C19H20F2N2O4S. The van der Waals surface area contributed by atoms with Gasteiger partial charge in [0.1, 0.15) is 12.7 Å². The Morgan fingerprint density at radius 2 is 2.18 bits per heavy atom. The smallest absolute Gasteiger partial charge is 0.387 e. The standard InChI is InChI=1S/C19H20F2N2O4S/c1-2-3-11-4-5-15(27-18(20)21)16(6-11)26-14-7-12(8-14)17(24)25-9-13-10-28-19(22)23-13/h2,4-6,10,12,14,18H,1,3,7-9H2,(H2,22,23)/t12-,14-. The molecule has 0 spiro atoms. The highest BCUT2D eigenvalue weighted by atomic mass is 32.1. The number of hydrogen-bond acceptors (Lipinski definition) is 7. The van der Waals surface area contributed by atoms with Crippen LogP contribution in [0.5, 0.6) is 11.5 Å². The molecule has 2 N–H and O–H groups in total. The Hall–Kier alpha value is -2.68. The molecule has 0 bridgehead atoms. The maximum Gasteiger partial charge on any atom is 0.387 e. The Balaban J connectivity index is 1.53. The van der Waals surface area contributed by atoms with Crippen LogP contribution in [0.3, 0.4) is 0 Å². The number of thiazole rings is 1. The number of rotatable bonds is 9. The first-order valence-corrected chi connectivity index (χ1v) is 9.54. The van der Waals surface area contributed by atoms with Crippen molar-refractivity contribution in [3.05, 3.63) is 47.5 Å². The predicted molar refractivity (Wildman–Crippen MR) is 100 cm³/mol. The van der Waals surface area contributed by atoms with Gasteiger partial charge in [0.2, 0.25) is 0 Å². The van der Waals surface area contributed by atoms with E-state index in [4.69, 9.17) is 15.2 Å². The van der Waals surface area contributed by atoms with Crippen molar-refractivity contribution in [2.75, 3.05) is 5.73 Å². The fraction of sp³-hybridized carbons (Fsp3) is 0.368.